The quantitative estimate of drug-likeness (QED) is 0.800. The highest BCUT2D eigenvalue weighted by atomic mass is 19.4. The van der Waals surface area contributed by atoms with Crippen molar-refractivity contribution in [2.24, 2.45) is 0 Å². The van der Waals surface area contributed by atoms with Gasteiger partial charge in [0.05, 0.1) is 22.9 Å². The van der Waals surface area contributed by atoms with Crippen LogP contribution in [0.15, 0.2) is 12.1 Å². The first-order chi connectivity index (χ1) is 10.5. The molecule has 1 aromatic heterocycles. The van der Waals surface area contributed by atoms with Gasteiger partial charge in [-0.15, -0.1) is 0 Å². The van der Waals surface area contributed by atoms with Crippen LogP contribution in [-0.2, 0) is 15.5 Å². The maximum atomic E-state index is 13.1. The lowest BCUT2D eigenvalue weighted by atomic mass is 9.84. The maximum Gasteiger partial charge on any atom is 0.514 e. The summed E-state index contributed by atoms with van der Waals surface area (Å²) in [6.07, 6.45) is -2.85. The van der Waals surface area contributed by atoms with Crippen LogP contribution in [0, 0.1) is 0 Å². The molecule has 3 rings (SSSR count). The fourth-order valence-corrected chi connectivity index (χ4v) is 2.20. The Labute approximate surface area is 133 Å². The van der Waals surface area contributed by atoms with Crippen LogP contribution in [0.5, 0.6) is 5.75 Å². The van der Waals surface area contributed by atoms with Gasteiger partial charge in [-0.2, -0.15) is 13.2 Å². The normalized spacial score (nSPS) is 23.2. The first kappa shape index (κ1) is 16.6. The number of nitrogens with zero attached hydrogens (tertiary/aromatic N) is 1. The minimum Gasteiger partial charge on any atom is -0.490 e. The summed E-state index contributed by atoms with van der Waals surface area (Å²) in [5.41, 5.74) is -2.22. The fourth-order valence-electron chi connectivity index (χ4n) is 2.20. The highest BCUT2D eigenvalue weighted by Gasteiger charge is 2.53. The summed E-state index contributed by atoms with van der Waals surface area (Å²) in [5, 5.41) is 0. The van der Waals surface area contributed by atoms with Gasteiger partial charge in [0.2, 0.25) is 0 Å². The van der Waals surface area contributed by atoms with E-state index in [4.69, 9.17) is 14.0 Å². The van der Waals surface area contributed by atoms with E-state index >= 15 is 0 Å². The van der Waals surface area contributed by atoms with Crippen LogP contribution in [-0.4, -0.2) is 29.4 Å². The molecule has 1 aliphatic carbocycles. The Morgan fingerprint density at radius 1 is 1.13 bits per heavy atom. The van der Waals surface area contributed by atoms with Crippen molar-refractivity contribution < 1.29 is 27.2 Å². The molecule has 2 fully saturated rings. The molecule has 1 aromatic rings. The Morgan fingerprint density at radius 2 is 1.70 bits per heavy atom. The molecule has 0 atom stereocenters. The minimum atomic E-state index is -4.55. The van der Waals surface area contributed by atoms with Gasteiger partial charge in [-0.1, -0.05) is 0 Å². The Morgan fingerprint density at radius 3 is 2.17 bits per heavy atom. The average molecular weight is 329 g/mol. The number of hydrogen-bond donors (Lipinski definition) is 0. The summed E-state index contributed by atoms with van der Waals surface area (Å²) in [6.45, 7) is 7.34. The van der Waals surface area contributed by atoms with E-state index in [1.165, 1.54) is 6.07 Å². The Balaban J connectivity index is 1.95. The molecule has 1 saturated carbocycles. The molecule has 2 heterocycles. The second-order valence-corrected chi connectivity index (χ2v) is 7.02. The average Bonchev–Trinajstić information content (AvgIpc) is 3.15. The van der Waals surface area contributed by atoms with E-state index in [1.807, 2.05) is 27.7 Å². The monoisotopic (exact) mass is 329 g/mol. The predicted molar refractivity (Wildman–Crippen MR) is 78.6 cm³/mol. The molecule has 126 valence electrons. The first-order valence-electron chi connectivity index (χ1n) is 7.59. The zero-order valence-corrected chi connectivity index (χ0v) is 13.5. The predicted octanol–water partition coefficient (Wildman–Crippen LogP) is 2.94. The lowest BCUT2D eigenvalue weighted by molar-refractivity contribution is -0.141. The molecule has 0 N–H and O–H groups in total. The molecule has 0 amide bonds. The van der Waals surface area contributed by atoms with Gasteiger partial charge >= 0.3 is 13.3 Å². The number of hydrogen-bond acceptors (Lipinski definition) is 4. The number of pyridine rings is 1. The fraction of sp³-hybridized carbons (Fsp3) is 0.667. The molecule has 1 saturated heterocycles. The van der Waals surface area contributed by atoms with E-state index in [9.17, 15) is 13.2 Å². The van der Waals surface area contributed by atoms with E-state index in [2.05, 4.69) is 4.98 Å². The molecule has 0 spiro atoms. The highest BCUT2D eigenvalue weighted by molar-refractivity contribution is 6.61. The number of alkyl halides is 3. The van der Waals surface area contributed by atoms with Crippen LogP contribution in [0.2, 0.25) is 0 Å². The second kappa shape index (κ2) is 5.11. The van der Waals surface area contributed by atoms with Gasteiger partial charge in [-0.3, -0.25) is 4.98 Å². The van der Waals surface area contributed by atoms with Gasteiger partial charge in [-0.05, 0) is 46.6 Å². The van der Waals surface area contributed by atoms with E-state index < -0.39 is 30.2 Å². The third-order valence-corrected chi connectivity index (χ3v) is 4.43. The molecule has 0 bridgehead atoms. The van der Waals surface area contributed by atoms with Crippen LogP contribution in [0.3, 0.4) is 0 Å². The van der Waals surface area contributed by atoms with Crippen molar-refractivity contribution in [3.8, 4) is 5.75 Å². The van der Waals surface area contributed by atoms with E-state index in [1.54, 1.807) is 0 Å². The number of aromatic nitrogens is 1. The standard InChI is InChI=1S/C15H19BF3NO3/c1-13(2)14(3,4)23-16(22-13)12-8-10(21-9-5-6-9)7-11(20-12)15(17,18)19/h7-9H,5-6H2,1-4H3. The Kier molecular flexibility index (Phi) is 3.68. The molecule has 23 heavy (non-hydrogen) atoms. The molecular formula is C15H19BF3NO3. The first-order valence-corrected chi connectivity index (χ1v) is 7.59. The summed E-state index contributed by atoms with van der Waals surface area (Å²) in [6, 6.07) is 2.39. The molecule has 1 aliphatic heterocycles. The van der Waals surface area contributed by atoms with Gasteiger partial charge in [0.25, 0.3) is 0 Å². The zero-order valence-electron chi connectivity index (χ0n) is 13.5. The van der Waals surface area contributed by atoms with Gasteiger partial charge in [-0.25, -0.2) is 0 Å². The smallest absolute Gasteiger partial charge is 0.490 e. The number of rotatable bonds is 3. The van der Waals surface area contributed by atoms with Crippen molar-refractivity contribution in [3.63, 3.8) is 0 Å². The summed E-state index contributed by atoms with van der Waals surface area (Å²) >= 11 is 0. The van der Waals surface area contributed by atoms with Gasteiger partial charge < -0.3 is 14.0 Å². The largest absolute Gasteiger partial charge is 0.514 e. The molecular weight excluding hydrogens is 310 g/mol. The number of ether oxygens (including phenoxy) is 1. The van der Waals surface area contributed by atoms with Gasteiger partial charge in [0, 0.05) is 6.07 Å². The summed E-state index contributed by atoms with van der Waals surface area (Å²) in [4.78, 5) is 3.69. The third kappa shape index (κ3) is 3.33. The second-order valence-electron chi connectivity index (χ2n) is 7.02. The summed E-state index contributed by atoms with van der Waals surface area (Å²) in [7, 11) is -0.955. The van der Waals surface area contributed by atoms with Gasteiger partial charge in [0.15, 0.2) is 0 Å². The van der Waals surface area contributed by atoms with E-state index in [-0.39, 0.29) is 17.4 Å². The van der Waals surface area contributed by atoms with Crippen molar-refractivity contribution >= 4 is 12.7 Å². The Bertz CT molecular complexity index is 598. The third-order valence-electron chi connectivity index (χ3n) is 4.43. The van der Waals surface area contributed by atoms with Crippen molar-refractivity contribution in [3.05, 3.63) is 17.8 Å². The van der Waals surface area contributed by atoms with Crippen molar-refractivity contribution in [1.82, 2.24) is 4.98 Å². The van der Waals surface area contributed by atoms with Crippen LogP contribution in [0.4, 0.5) is 13.2 Å². The lowest BCUT2D eigenvalue weighted by Gasteiger charge is -2.32. The Hall–Kier alpha value is -1.28. The number of halogens is 3. The molecule has 0 aromatic carbocycles. The topological polar surface area (TPSA) is 40.6 Å². The van der Waals surface area contributed by atoms with E-state index in [0.717, 1.165) is 18.9 Å². The zero-order chi connectivity index (χ0) is 17.0. The van der Waals surface area contributed by atoms with Crippen molar-refractivity contribution in [2.45, 2.75) is 64.0 Å². The maximum absolute atomic E-state index is 13.1. The van der Waals surface area contributed by atoms with Crippen LogP contribution in [0.25, 0.3) is 0 Å². The van der Waals surface area contributed by atoms with Crippen LogP contribution < -0.4 is 10.3 Å². The molecule has 2 aliphatic rings. The van der Waals surface area contributed by atoms with Crippen molar-refractivity contribution in [1.29, 1.82) is 0 Å². The van der Waals surface area contributed by atoms with Crippen LogP contribution >= 0.6 is 0 Å². The van der Waals surface area contributed by atoms with Crippen molar-refractivity contribution in [2.75, 3.05) is 0 Å². The molecule has 8 heteroatoms. The molecule has 0 unspecified atom stereocenters. The summed E-state index contributed by atoms with van der Waals surface area (Å²) in [5.74, 6) is 0.152. The van der Waals surface area contributed by atoms with E-state index in [0.29, 0.717) is 0 Å². The summed E-state index contributed by atoms with van der Waals surface area (Å²) < 4.78 is 56.4. The van der Waals surface area contributed by atoms with Gasteiger partial charge in [0.1, 0.15) is 11.4 Å². The molecule has 4 nitrogen and oxygen atoms in total. The highest BCUT2D eigenvalue weighted by Crippen LogP contribution is 2.37. The minimum absolute atomic E-state index is 0.00960. The molecule has 0 radical (unpaired) electrons. The SMILES string of the molecule is CC1(C)OB(c2cc(OC3CC3)cc(C(F)(F)F)n2)OC1(C)C. The lowest BCUT2D eigenvalue weighted by Crippen LogP contribution is -2.41. The van der Waals surface area contributed by atoms with Crippen LogP contribution in [0.1, 0.15) is 46.2 Å².